The number of amides is 2. The van der Waals surface area contributed by atoms with E-state index in [9.17, 15) is 4.79 Å². The molecule has 2 amide bonds. The maximum absolute atomic E-state index is 12.7. The van der Waals surface area contributed by atoms with E-state index in [1.54, 1.807) is 0 Å². The number of nitrogens with one attached hydrogen (secondary N) is 2. The molecule has 1 aromatic carbocycles. The molecule has 2 saturated heterocycles. The van der Waals surface area contributed by atoms with E-state index in [1.165, 1.54) is 0 Å². The summed E-state index contributed by atoms with van der Waals surface area (Å²) >= 11 is 0. The van der Waals surface area contributed by atoms with Crippen molar-refractivity contribution in [1.82, 2.24) is 15.1 Å². The van der Waals surface area contributed by atoms with E-state index in [1.807, 2.05) is 30.3 Å². The van der Waals surface area contributed by atoms with Crippen molar-refractivity contribution in [2.24, 2.45) is 0 Å². The molecular weight excluding hydrogens is 264 g/mol. The van der Waals surface area contributed by atoms with Crippen molar-refractivity contribution in [3.05, 3.63) is 30.3 Å². The Kier molecular flexibility index (Phi) is 4.41. The first-order valence-electron chi connectivity index (χ1n) is 7.77. The lowest BCUT2D eigenvalue weighted by molar-refractivity contribution is 0.0896. The number of nitrogens with zero attached hydrogens (tertiary/aromatic N) is 2. The SMILES string of the molecule is CN1CCC(N(C(=O)Nc2ccccc2)C2CNC2)CC1. The Balaban J connectivity index is 1.68. The van der Waals surface area contributed by atoms with Crippen LogP contribution in [-0.2, 0) is 0 Å². The quantitative estimate of drug-likeness (QED) is 0.888. The van der Waals surface area contributed by atoms with Gasteiger partial charge >= 0.3 is 6.03 Å². The average molecular weight is 288 g/mol. The predicted octanol–water partition coefficient (Wildman–Crippen LogP) is 1.59. The van der Waals surface area contributed by atoms with Crippen LogP contribution in [-0.4, -0.2) is 61.1 Å². The van der Waals surface area contributed by atoms with Gasteiger partial charge in [0.25, 0.3) is 0 Å². The Labute approximate surface area is 126 Å². The van der Waals surface area contributed by atoms with E-state index < -0.39 is 0 Å². The van der Waals surface area contributed by atoms with Crippen LogP contribution in [0.4, 0.5) is 10.5 Å². The first-order valence-corrected chi connectivity index (χ1v) is 7.77. The highest BCUT2D eigenvalue weighted by atomic mass is 16.2. The van der Waals surface area contributed by atoms with Crippen molar-refractivity contribution >= 4 is 11.7 Å². The highest BCUT2D eigenvalue weighted by molar-refractivity contribution is 5.89. The largest absolute Gasteiger partial charge is 0.322 e. The number of anilines is 1. The highest BCUT2D eigenvalue weighted by Gasteiger charge is 2.35. The number of hydrogen-bond acceptors (Lipinski definition) is 3. The second-order valence-electron chi connectivity index (χ2n) is 6.05. The summed E-state index contributed by atoms with van der Waals surface area (Å²) < 4.78 is 0. The summed E-state index contributed by atoms with van der Waals surface area (Å²) in [7, 11) is 2.15. The lowest BCUT2D eigenvalue weighted by Crippen LogP contribution is -2.63. The van der Waals surface area contributed by atoms with Crippen molar-refractivity contribution < 1.29 is 4.79 Å². The molecule has 5 heteroatoms. The molecule has 3 rings (SSSR count). The fourth-order valence-electron chi connectivity index (χ4n) is 3.08. The lowest BCUT2D eigenvalue weighted by atomic mass is 10.00. The predicted molar refractivity (Wildman–Crippen MR) is 84.5 cm³/mol. The average Bonchev–Trinajstić information content (AvgIpc) is 2.45. The molecule has 2 aliphatic heterocycles. The second-order valence-corrected chi connectivity index (χ2v) is 6.05. The van der Waals surface area contributed by atoms with Crippen LogP contribution in [0.3, 0.4) is 0 Å². The van der Waals surface area contributed by atoms with Crippen molar-refractivity contribution in [2.75, 3.05) is 38.5 Å². The van der Waals surface area contributed by atoms with Crippen LogP contribution in [0.25, 0.3) is 0 Å². The number of hydrogen-bond donors (Lipinski definition) is 2. The topological polar surface area (TPSA) is 47.6 Å². The van der Waals surface area contributed by atoms with E-state index in [0.717, 1.165) is 44.7 Å². The van der Waals surface area contributed by atoms with Crippen molar-refractivity contribution in [3.8, 4) is 0 Å². The molecule has 0 radical (unpaired) electrons. The third kappa shape index (κ3) is 3.36. The zero-order chi connectivity index (χ0) is 14.7. The van der Waals surface area contributed by atoms with Gasteiger partial charge < -0.3 is 20.4 Å². The van der Waals surface area contributed by atoms with E-state index >= 15 is 0 Å². The van der Waals surface area contributed by atoms with Gasteiger partial charge in [-0.2, -0.15) is 0 Å². The number of carbonyl (C=O) groups excluding carboxylic acids is 1. The third-order valence-corrected chi connectivity index (χ3v) is 4.49. The van der Waals surface area contributed by atoms with Gasteiger partial charge in [-0.1, -0.05) is 18.2 Å². The molecule has 0 atom stereocenters. The number of para-hydroxylation sites is 1. The monoisotopic (exact) mass is 288 g/mol. The van der Waals surface area contributed by atoms with E-state index in [4.69, 9.17) is 0 Å². The molecule has 0 aliphatic carbocycles. The Bertz CT molecular complexity index is 466. The Morgan fingerprint density at radius 2 is 1.86 bits per heavy atom. The van der Waals surface area contributed by atoms with Crippen LogP contribution in [0.2, 0.25) is 0 Å². The van der Waals surface area contributed by atoms with Gasteiger partial charge in [-0.3, -0.25) is 0 Å². The smallest absolute Gasteiger partial charge is 0.316 e. The zero-order valence-corrected chi connectivity index (χ0v) is 12.6. The maximum atomic E-state index is 12.7. The van der Waals surface area contributed by atoms with Gasteiger partial charge in [0.1, 0.15) is 0 Å². The summed E-state index contributed by atoms with van der Waals surface area (Å²) in [5.74, 6) is 0. The van der Waals surface area contributed by atoms with E-state index in [-0.39, 0.29) is 6.03 Å². The van der Waals surface area contributed by atoms with Crippen LogP contribution in [0.1, 0.15) is 12.8 Å². The van der Waals surface area contributed by atoms with Gasteiger partial charge in [-0.05, 0) is 45.1 Å². The molecule has 2 fully saturated rings. The van der Waals surface area contributed by atoms with Gasteiger partial charge in [0.05, 0.1) is 6.04 Å². The first kappa shape index (κ1) is 14.4. The van der Waals surface area contributed by atoms with Crippen LogP contribution >= 0.6 is 0 Å². The molecule has 114 valence electrons. The summed E-state index contributed by atoms with van der Waals surface area (Å²) in [6, 6.07) is 10.5. The highest BCUT2D eigenvalue weighted by Crippen LogP contribution is 2.21. The van der Waals surface area contributed by atoms with Crippen molar-refractivity contribution in [1.29, 1.82) is 0 Å². The summed E-state index contributed by atoms with van der Waals surface area (Å²) in [6.45, 7) is 3.96. The number of piperidine rings is 1. The molecule has 21 heavy (non-hydrogen) atoms. The van der Waals surface area contributed by atoms with Gasteiger partial charge in [-0.15, -0.1) is 0 Å². The third-order valence-electron chi connectivity index (χ3n) is 4.49. The molecule has 5 nitrogen and oxygen atoms in total. The van der Waals surface area contributed by atoms with Gasteiger partial charge in [0.15, 0.2) is 0 Å². The minimum absolute atomic E-state index is 0.0438. The van der Waals surface area contributed by atoms with E-state index in [0.29, 0.717) is 12.1 Å². The number of benzene rings is 1. The molecule has 0 unspecified atom stereocenters. The van der Waals surface area contributed by atoms with E-state index in [2.05, 4.69) is 27.5 Å². The minimum Gasteiger partial charge on any atom is -0.316 e. The molecule has 0 bridgehead atoms. The summed E-state index contributed by atoms with van der Waals surface area (Å²) in [5, 5.41) is 6.32. The molecule has 0 saturated carbocycles. The van der Waals surface area contributed by atoms with Crippen LogP contribution in [0, 0.1) is 0 Å². The molecule has 0 spiro atoms. The zero-order valence-electron chi connectivity index (χ0n) is 12.6. The molecule has 2 aliphatic rings. The summed E-state index contributed by atoms with van der Waals surface area (Å²) in [4.78, 5) is 17.1. The van der Waals surface area contributed by atoms with Crippen molar-refractivity contribution in [2.45, 2.75) is 24.9 Å². The normalized spacial score (nSPS) is 20.8. The second kappa shape index (κ2) is 6.45. The number of rotatable bonds is 3. The number of likely N-dealkylation sites (tertiary alicyclic amines) is 1. The lowest BCUT2D eigenvalue weighted by Gasteiger charge is -2.45. The Morgan fingerprint density at radius 3 is 2.43 bits per heavy atom. The summed E-state index contributed by atoms with van der Waals surface area (Å²) in [5.41, 5.74) is 0.868. The summed E-state index contributed by atoms with van der Waals surface area (Å²) in [6.07, 6.45) is 2.13. The maximum Gasteiger partial charge on any atom is 0.322 e. The number of carbonyl (C=O) groups is 1. The fourth-order valence-corrected chi connectivity index (χ4v) is 3.08. The van der Waals surface area contributed by atoms with Gasteiger partial charge in [0.2, 0.25) is 0 Å². The van der Waals surface area contributed by atoms with Crippen LogP contribution in [0.5, 0.6) is 0 Å². The van der Waals surface area contributed by atoms with Crippen molar-refractivity contribution in [3.63, 3.8) is 0 Å². The Morgan fingerprint density at radius 1 is 1.19 bits per heavy atom. The standard InChI is InChI=1S/C16H24N4O/c1-19-9-7-14(8-10-19)20(15-11-17-12-15)16(21)18-13-5-3-2-4-6-13/h2-6,14-15,17H,7-12H2,1H3,(H,18,21). The van der Waals surface area contributed by atoms with Gasteiger partial charge in [-0.25, -0.2) is 4.79 Å². The molecule has 0 aromatic heterocycles. The first-order chi connectivity index (χ1) is 10.2. The molecule has 2 heterocycles. The van der Waals surface area contributed by atoms with Crippen LogP contribution in [0.15, 0.2) is 30.3 Å². The minimum atomic E-state index is 0.0438. The van der Waals surface area contributed by atoms with Gasteiger partial charge in [0, 0.05) is 24.8 Å². The van der Waals surface area contributed by atoms with Crippen LogP contribution < -0.4 is 10.6 Å². The molecule has 2 N–H and O–H groups in total. The number of urea groups is 1. The fraction of sp³-hybridized carbons (Fsp3) is 0.562. The molecule has 1 aromatic rings. The molecular formula is C16H24N4O. The Hall–Kier alpha value is -1.59.